The summed E-state index contributed by atoms with van der Waals surface area (Å²) in [6.07, 6.45) is 1.95. The molecule has 4 aliphatic heterocycles. The Morgan fingerprint density at radius 2 is 1.73 bits per heavy atom. The number of aliphatic hydroxyl groups is 3. The summed E-state index contributed by atoms with van der Waals surface area (Å²) in [4.78, 5) is 130. The molecule has 8 atom stereocenters. The van der Waals surface area contributed by atoms with E-state index in [0.29, 0.717) is 36.8 Å². The van der Waals surface area contributed by atoms with Crippen molar-refractivity contribution in [2.45, 2.75) is 128 Å². The number of hydrogen-bond donors (Lipinski definition) is 8. The predicted octanol–water partition coefficient (Wildman–Crippen LogP) is 4.58. The Morgan fingerprint density at radius 1 is 1.01 bits per heavy atom. The molecule has 0 aromatic heterocycles. The molecule has 28 nitrogen and oxygen atoms in total. The van der Waals surface area contributed by atoms with Crippen LogP contribution < -0.4 is 26.3 Å². The van der Waals surface area contributed by atoms with E-state index in [1.807, 2.05) is 6.92 Å². The summed E-state index contributed by atoms with van der Waals surface area (Å²) in [5.41, 5.74) is -0.737. The number of epoxide rings is 1. The summed E-state index contributed by atoms with van der Waals surface area (Å²) in [5, 5.41) is 55.9. The second-order valence-electron chi connectivity index (χ2n) is 23.4. The van der Waals surface area contributed by atoms with Crippen LogP contribution in [0.2, 0.25) is 5.02 Å². The van der Waals surface area contributed by atoms with E-state index in [0.717, 1.165) is 46.9 Å². The number of nitro benzene ring substituents is 1. The standard InChI is InChI=1S/C62H72ClFN8O20S/c1-34-10-9-11-42(32-74)62(84)30-49(90-60(83)67-62)35(2)57-61(4,92-57)50(29-54(79)70(5)48-24-37(22-34)23-40(31-73)56(48)63)91-55(80)27-39-14-13-38(26-46(39)64)36(3)68-69-59(82)45-16-15-43(28-47(45)72(85)86)66-51(76)19-20-65-58(81)41(33-93(87,88)89)25-44(75)12-7-6-8-21-71-52(77)17-18-53(71)78/h9-11,13-18,23-24,26,28,35,41-42,49-50,57,73-74,84H,6-8,12,19-22,25,27,29-33H2,1-5H3,(H,65,81)(H,66,76)(H,67,83)(H,69,82)(H,87,88,89)/b11-9+,34-10+,68-36+/t35-,41+,42+,49+,50+,57+,61+,62+/m1/s1. The van der Waals surface area contributed by atoms with Crippen molar-refractivity contribution in [3.8, 4) is 0 Å². The van der Waals surface area contributed by atoms with E-state index in [2.05, 4.69) is 26.5 Å². The number of anilines is 2. The van der Waals surface area contributed by atoms with Crippen molar-refractivity contribution in [2.75, 3.05) is 42.7 Å². The SMILES string of the molecule is C/C1=C\C=C\[C@@H](CO)[C@@]2(O)C[C@H](OC(=O)N2)[C@@H](C)[C@@H]2O[C@@]2(C)[C@@H](OC(=O)Cc2ccc(/C(C)=N/NC(=O)c3ccc(NC(=O)CCNC(=O)[C@@H](CC(=O)CCCCCN4C(=O)C=CC4=O)CS(=O)(=O)O)cc3[N+](=O)[O-])cc2F)CC(=O)N(C)c2cc(cc(CO)c2Cl)C1. The van der Waals surface area contributed by atoms with Crippen molar-refractivity contribution >= 4 is 97.8 Å². The van der Waals surface area contributed by atoms with Crippen LogP contribution in [0, 0.1) is 33.7 Å². The molecule has 7 rings (SSSR count). The van der Waals surface area contributed by atoms with Gasteiger partial charge in [-0.1, -0.05) is 66.9 Å². The number of alkyl carbamates (subject to hydrolysis) is 1. The number of rotatable bonds is 24. The summed E-state index contributed by atoms with van der Waals surface area (Å²) in [6, 6.07) is 10.0. The summed E-state index contributed by atoms with van der Waals surface area (Å²) in [7, 11) is -3.29. The molecule has 0 saturated carbocycles. The molecule has 0 aliphatic carbocycles. The number of carbonyl (C=O) groups excluding carboxylic acids is 9. The van der Waals surface area contributed by atoms with Crippen molar-refractivity contribution in [3.63, 3.8) is 0 Å². The largest absolute Gasteiger partial charge is 0.458 e. The normalized spacial score (nSPS) is 23.8. The van der Waals surface area contributed by atoms with Gasteiger partial charge in [-0.25, -0.2) is 14.6 Å². The Hall–Kier alpha value is -8.65. The molecular weight excluding hydrogens is 1260 g/mol. The number of hydrazone groups is 1. The lowest BCUT2D eigenvalue weighted by Gasteiger charge is -2.42. The zero-order chi connectivity index (χ0) is 68.3. The maximum Gasteiger partial charge on any atom is 0.409 e. The van der Waals surface area contributed by atoms with Gasteiger partial charge >= 0.3 is 12.1 Å². The Balaban J connectivity index is 0.968. The summed E-state index contributed by atoms with van der Waals surface area (Å²) >= 11 is 6.75. The first-order valence-corrected chi connectivity index (χ1v) is 31.5. The zero-order valence-corrected chi connectivity index (χ0v) is 52.9. The number of nitrogens with one attached hydrogen (secondary N) is 4. The van der Waals surface area contributed by atoms with Crippen molar-refractivity contribution in [1.82, 2.24) is 21.0 Å². The summed E-state index contributed by atoms with van der Waals surface area (Å²) < 4.78 is 66.7. The van der Waals surface area contributed by atoms with Crippen LogP contribution in [0.3, 0.4) is 0 Å². The average molecular weight is 1340 g/mol. The number of allylic oxidation sites excluding steroid dienone is 3. The average Bonchev–Trinajstić information content (AvgIpc) is 1.58. The van der Waals surface area contributed by atoms with Gasteiger partial charge in [0.25, 0.3) is 33.5 Å². The number of halogens is 2. The van der Waals surface area contributed by atoms with E-state index in [4.69, 9.17) is 25.8 Å². The maximum atomic E-state index is 16.0. The van der Waals surface area contributed by atoms with Gasteiger partial charge in [0.2, 0.25) is 17.7 Å². The highest BCUT2D eigenvalue weighted by atomic mass is 35.5. The topological polar surface area (TPSA) is 410 Å². The van der Waals surface area contributed by atoms with Gasteiger partial charge in [0.05, 0.1) is 65.2 Å². The zero-order valence-electron chi connectivity index (χ0n) is 51.4. The molecule has 3 aromatic carbocycles. The number of benzene rings is 3. The molecule has 8 N–H and O–H groups in total. The third-order valence-electron chi connectivity index (χ3n) is 16.4. The van der Waals surface area contributed by atoms with Gasteiger partial charge in [0, 0.05) is 87.1 Å². The number of Topliss-reactive ketones (excluding diaryl/α,β-unsaturated/α-hetero) is 1. The van der Waals surface area contributed by atoms with E-state index in [1.165, 1.54) is 31.0 Å². The third kappa shape index (κ3) is 18.8. The Kier molecular flexibility index (Phi) is 23.8. The first-order chi connectivity index (χ1) is 43.8. The predicted molar refractivity (Wildman–Crippen MR) is 331 cm³/mol. The number of nitrogens with zero attached hydrogens (tertiary/aromatic N) is 4. The van der Waals surface area contributed by atoms with Gasteiger partial charge in [-0.2, -0.15) is 13.5 Å². The third-order valence-corrected chi connectivity index (χ3v) is 17.7. The highest BCUT2D eigenvalue weighted by molar-refractivity contribution is 7.85. The fraction of sp³-hybridized carbons (Fsp3) is 0.452. The van der Waals surface area contributed by atoms with Crippen LogP contribution in [0.4, 0.5) is 26.2 Å². The number of imide groups is 1. The quantitative estimate of drug-likeness (QED) is 0.00889. The molecule has 0 radical (unpaired) electrons. The van der Waals surface area contributed by atoms with E-state index in [-0.39, 0.29) is 52.6 Å². The van der Waals surface area contributed by atoms with E-state index < -0.39 is 184 Å². The molecule has 4 aliphatic rings. The van der Waals surface area contributed by atoms with Crippen LogP contribution in [-0.2, 0) is 77.3 Å². The Labute approximate surface area is 538 Å². The minimum absolute atomic E-state index is 0.00248. The second-order valence-corrected chi connectivity index (χ2v) is 25.3. The van der Waals surface area contributed by atoms with Crippen LogP contribution in [0.1, 0.15) is 112 Å². The van der Waals surface area contributed by atoms with Crippen LogP contribution in [0.5, 0.6) is 0 Å². The lowest BCUT2D eigenvalue weighted by molar-refractivity contribution is -0.385. The number of carbonyl (C=O) groups is 9. The molecule has 0 spiro atoms. The fourth-order valence-corrected chi connectivity index (χ4v) is 12.2. The lowest BCUT2D eigenvalue weighted by Crippen LogP contribution is -2.62. The maximum absolute atomic E-state index is 16.0. The first kappa shape index (κ1) is 71.8. The van der Waals surface area contributed by atoms with Crippen LogP contribution in [0.15, 0.2) is 89.6 Å². The van der Waals surface area contributed by atoms with Crippen molar-refractivity contribution < 1.29 is 95.0 Å². The number of ketones is 1. The lowest BCUT2D eigenvalue weighted by atomic mass is 9.81. The van der Waals surface area contributed by atoms with E-state index in [1.54, 1.807) is 44.2 Å². The van der Waals surface area contributed by atoms with Gasteiger partial charge in [-0.15, -0.1) is 0 Å². The van der Waals surface area contributed by atoms with E-state index in [9.17, 15) is 81.6 Å². The Bertz CT molecular complexity index is 3690. The smallest absolute Gasteiger partial charge is 0.409 e. The summed E-state index contributed by atoms with van der Waals surface area (Å²) in [5.74, 6) is -11.1. The number of fused-ring (bicyclic) bond motifs is 5. The first-order valence-electron chi connectivity index (χ1n) is 29.5. The minimum Gasteiger partial charge on any atom is -0.458 e. The van der Waals surface area contributed by atoms with Gasteiger partial charge in [0.1, 0.15) is 35.0 Å². The molecule has 2 saturated heterocycles. The summed E-state index contributed by atoms with van der Waals surface area (Å²) in [6.45, 7) is 5.16. The van der Waals surface area contributed by atoms with Gasteiger partial charge < -0.3 is 45.1 Å². The van der Waals surface area contributed by atoms with Crippen LogP contribution >= 0.6 is 11.6 Å². The van der Waals surface area contributed by atoms with Gasteiger partial charge in [-0.3, -0.25) is 63.2 Å². The van der Waals surface area contributed by atoms with Crippen LogP contribution in [0.25, 0.3) is 0 Å². The number of nitro groups is 1. The fourth-order valence-electron chi connectivity index (χ4n) is 11.1. The number of esters is 1. The number of unbranched alkanes of at least 4 members (excludes halogenated alkanes) is 2. The molecule has 31 heteroatoms. The van der Waals surface area contributed by atoms with Gasteiger partial charge in [0.15, 0.2) is 5.72 Å². The van der Waals surface area contributed by atoms with Crippen molar-refractivity contribution in [1.29, 1.82) is 0 Å². The molecule has 500 valence electrons. The highest BCUT2D eigenvalue weighted by Gasteiger charge is 2.64. The van der Waals surface area contributed by atoms with Crippen LogP contribution in [-0.4, -0.2) is 159 Å². The van der Waals surface area contributed by atoms with Gasteiger partial charge in [-0.05, 0) is 81.0 Å². The molecular formula is C62H72ClFN8O20S. The molecule has 7 amide bonds. The number of aliphatic hydroxyl groups excluding tert-OH is 2. The molecule has 4 bridgehead atoms. The van der Waals surface area contributed by atoms with Crippen molar-refractivity contribution in [2.24, 2.45) is 22.9 Å². The van der Waals surface area contributed by atoms with E-state index >= 15 is 4.39 Å². The molecule has 0 unspecified atom stereocenters. The van der Waals surface area contributed by atoms with Crippen molar-refractivity contribution in [3.05, 3.63) is 133 Å². The monoisotopic (exact) mass is 1330 g/mol. The molecule has 4 heterocycles. The number of hydrogen-bond acceptors (Lipinski definition) is 20. The molecule has 2 fully saturated rings. The highest BCUT2D eigenvalue weighted by Crippen LogP contribution is 2.49. The number of ether oxygens (including phenoxy) is 3. The second kappa shape index (κ2) is 30.9. The molecule has 3 aromatic rings. The molecule has 93 heavy (non-hydrogen) atoms. The number of amides is 7. The Morgan fingerprint density at radius 3 is 2.40 bits per heavy atom. The minimum atomic E-state index is -4.74.